The number of amides is 1. The van der Waals surface area contributed by atoms with Gasteiger partial charge in [-0.3, -0.25) is 4.79 Å². The first kappa shape index (κ1) is 9.69. The molecule has 1 saturated heterocycles. The summed E-state index contributed by atoms with van der Waals surface area (Å²) in [4.78, 5) is 24.1. The van der Waals surface area contributed by atoms with Gasteiger partial charge in [0.2, 0.25) is 5.91 Å². The van der Waals surface area contributed by atoms with Crippen LogP contribution in [0, 0.1) is 5.92 Å². The standard InChI is InChI=1S/C11H17NO2/c13-8-9-3-5-10(6-4-9)12-7-1-2-11(12)14/h8-10H,1-7H2. The van der Waals surface area contributed by atoms with Crippen molar-refractivity contribution in [1.82, 2.24) is 4.90 Å². The normalized spacial score (nSPS) is 33.4. The van der Waals surface area contributed by atoms with E-state index in [9.17, 15) is 9.59 Å². The zero-order valence-electron chi connectivity index (χ0n) is 8.45. The summed E-state index contributed by atoms with van der Waals surface area (Å²) in [5.41, 5.74) is 0. The molecular formula is C11H17NO2. The number of carbonyl (C=O) groups is 2. The first-order valence-electron chi connectivity index (χ1n) is 5.56. The first-order valence-corrected chi connectivity index (χ1v) is 5.56. The van der Waals surface area contributed by atoms with Gasteiger partial charge < -0.3 is 9.69 Å². The molecule has 14 heavy (non-hydrogen) atoms. The van der Waals surface area contributed by atoms with Crippen molar-refractivity contribution in [2.75, 3.05) is 6.54 Å². The number of carbonyl (C=O) groups excluding carboxylic acids is 2. The minimum atomic E-state index is 0.254. The van der Waals surface area contributed by atoms with Crippen LogP contribution in [-0.2, 0) is 9.59 Å². The van der Waals surface area contributed by atoms with Gasteiger partial charge >= 0.3 is 0 Å². The molecule has 0 aromatic carbocycles. The molecule has 1 aliphatic heterocycles. The van der Waals surface area contributed by atoms with E-state index in [2.05, 4.69) is 0 Å². The van der Waals surface area contributed by atoms with Crippen molar-refractivity contribution >= 4 is 12.2 Å². The Hall–Kier alpha value is -0.860. The number of rotatable bonds is 2. The molecule has 0 atom stereocenters. The zero-order chi connectivity index (χ0) is 9.97. The van der Waals surface area contributed by atoms with Gasteiger partial charge in [-0.05, 0) is 32.1 Å². The minimum Gasteiger partial charge on any atom is -0.340 e. The second-order valence-electron chi connectivity index (χ2n) is 4.40. The van der Waals surface area contributed by atoms with Crippen LogP contribution in [0.2, 0.25) is 0 Å². The number of nitrogens with zero attached hydrogens (tertiary/aromatic N) is 1. The van der Waals surface area contributed by atoms with E-state index in [1.807, 2.05) is 4.90 Å². The third-order valence-corrected chi connectivity index (χ3v) is 3.48. The predicted molar refractivity (Wildman–Crippen MR) is 52.8 cm³/mol. The SMILES string of the molecule is O=CC1CCC(N2CCCC2=O)CC1. The third kappa shape index (κ3) is 1.81. The van der Waals surface area contributed by atoms with Crippen LogP contribution in [0.4, 0.5) is 0 Å². The fraction of sp³-hybridized carbons (Fsp3) is 0.818. The van der Waals surface area contributed by atoms with Crippen molar-refractivity contribution < 1.29 is 9.59 Å². The molecular weight excluding hydrogens is 178 g/mol. The molecule has 3 heteroatoms. The van der Waals surface area contributed by atoms with Crippen molar-refractivity contribution in [3.05, 3.63) is 0 Å². The molecule has 2 rings (SSSR count). The van der Waals surface area contributed by atoms with Crippen LogP contribution in [0.25, 0.3) is 0 Å². The van der Waals surface area contributed by atoms with Crippen molar-refractivity contribution in [1.29, 1.82) is 0 Å². The fourth-order valence-electron chi connectivity index (χ4n) is 2.60. The Balaban J connectivity index is 1.88. The summed E-state index contributed by atoms with van der Waals surface area (Å²) in [5, 5.41) is 0. The van der Waals surface area contributed by atoms with Gasteiger partial charge in [-0.2, -0.15) is 0 Å². The molecule has 78 valence electrons. The van der Waals surface area contributed by atoms with E-state index in [1.54, 1.807) is 0 Å². The molecule has 1 amide bonds. The largest absolute Gasteiger partial charge is 0.340 e. The van der Waals surface area contributed by atoms with Crippen molar-refractivity contribution in [2.24, 2.45) is 5.92 Å². The van der Waals surface area contributed by atoms with Crippen LogP contribution in [-0.4, -0.2) is 29.7 Å². The second kappa shape index (κ2) is 4.11. The van der Waals surface area contributed by atoms with E-state index in [-0.39, 0.29) is 5.92 Å². The van der Waals surface area contributed by atoms with Gasteiger partial charge in [0, 0.05) is 24.9 Å². The van der Waals surface area contributed by atoms with E-state index in [0.717, 1.165) is 51.4 Å². The van der Waals surface area contributed by atoms with E-state index < -0.39 is 0 Å². The van der Waals surface area contributed by atoms with Gasteiger partial charge in [-0.25, -0.2) is 0 Å². The quantitative estimate of drug-likeness (QED) is 0.624. The highest BCUT2D eigenvalue weighted by atomic mass is 16.2. The van der Waals surface area contributed by atoms with Gasteiger partial charge in [0.05, 0.1) is 0 Å². The maximum Gasteiger partial charge on any atom is 0.222 e. The monoisotopic (exact) mass is 195 g/mol. The lowest BCUT2D eigenvalue weighted by Crippen LogP contribution is -2.38. The van der Waals surface area contributed by atoms with Crippen LogP contribution in [0.15, 0.2) is 0 Å². The van der Waals surface area contributed by atoms with Gasteiger partial charge in [-0.1, -0.05) is 0 Å². The van der Waals surface area contributed by atoms with Crippen LogP contribution in [0.3, 0.4) is 0 Å². The lowest BCUT2D eigenvalue weighted by atomic mass is 9.86. The van der Waals surface area contributed by atoms with Gasteiger partial charge in [0.1, 0.15) is 6.29 Å². The number of likely N-dealkylation sites (tertiary alicyclic amines) is 1. The third-order valence-electron chi connectivity index (χ3n) is 3.48. The molecule has 0 radical (unpaired) electrons. The van der Waals surface area contributed by atoms with Crippen LogP contribution in [0.1, 0.15) is 38.5 Å². The first-order chi connectivity index (χ1) is 6.81. The Morgan fingerprint density at radius 2 is 1.93 bits per heavy atom. The topological polar surface area (TPSA) is 37.4 Å². The smallest absolute Gasteiger partial charge is 0.222 e. The zero-order valence-corrected chi connectivity index (χ0v) is 8.45. The summed E-state index contributed by atoms with van der Waals surface area (Å²) < 4.78 is 0. The summed E-state index contributed by atoms with van der Waals surface area (Å²) >= 11 is 0. The minimum absolute atomic E-state index is 0.254. The van der Waals surface area contributed by atoms with E-state index >= 15 is 0 Å². The van der Waals surface area contributed by atoms with Gasteiger partial charge in [0.25, 0.3) is 0 Å². The summed E-state index contributed by atoms with van der Waals surface area (Å²) in [6.07, 6.45) is 6.81. The highest BCUT2D eigenvalue weighted by Gasteiger charge is 2.30. The van der Waals surface area contributed by atoms with Crippen molar-refractivity contribution in [2.45, 2.75) is 44.6 Å². The highest BCUT2D eigenvalue weighted by molar-refractivity contribution is 5.78. The van der Waals surface area contributed by atoms with E-state index in [1.165, 1.54) is 0 Å². The lowest BCUT2D eigenvalue weighted by Gasteiger charge is -2.32. The Bertz CT molecular complexity index is 231. The molecule has 0 unspecified atom stereocenters. The maximum atomic E-state index is 11.5. The fourth-order valence-corrected chi connectivity index (χ4v) is 2.60. The average Bonchev–Trinajstić information content (AvgIpc) is 2.65. The number of aldehydes is 1. The molecule has 0 aromatic heterocycles. The van der Waals surface area contributed by atoms with Crippen LogP contribution < -0.4 is 0 Å². The lowest BCUT2D eigenvalue weighted by molar-refractivity contribution is -0.130. The van der Waals surface area contributed by atoms with E-state index in [4.69, 9.17) is 0 Å². The summed E-state index contributed by atoms with van der Waals surface area (Å²) in [6.45, 7) is 0.940. The molecule has 0 bridgehead atoms. The summed E-state index contributed by atoms with van der Waals surface area (Å²) in [5.74, 6) is 0.573. The molecule has 3 nitrogen and oxygen atoms in total. The summed E-state index contributed by atoms with van der Waals surface area (Å²) in [7, 11) is 0. The Labute approximate surface area is 84.5 Å². The molecule has 1 saturated carbocycles. The number of hydrogen-bond acceptors (Lipinski definition) is 2. The molecule has 1 aliphatic carbocycles. The maximum absolute atomic E-state index is 11.5. The van der Waals surface area contributed by atoms with Crippen molar-refractivity contribution in [3.8, 4) is 0 Å². The number of hydrogen-bond donors (Lipinski definition) is 0. The Morgan fingerprint density at radius 3 is 2.43 bits per heavy atom. The van der Waals surface area contributed by atoms with Crippen LogP contribution in [0.5, 0.6) is 0 Å². The second-order valence-corrected chi connectivity index (χ2v) is 4.40. The predicted octanol–water partition coefficient (Wildman–Crippen LogP) is 1.37. The van der Waals surface area contributed by atoms with Gasteiger partial charge in [0.15, 0.2) is 0 Å². The highest BCUT2D eigenvalue weighted by Crippen LogP contribution is 2.28. The Morgan fingerprint density at radius 1 is 1.21 bits per heavy atom. The average molecular weight is 195 g/mol. The molecule has 2 aliphatic rings. The summed E-state index contributed by atoms with van der Waals surface area (Å²) in [6, 6.07) is 0.432. The molecule has 0 N–H and O–H groups in total. The van der Waals surface area contributed by atoms with Crippen LogP contribution >= 0.6 is 0 Å². The molecule has 2 fully saturated rings. The Kier molecular flexibility index (Phi) is 2.85. The van der Waals surface area contributed by atoms with E-state index in [0.29, 0.717) is 11.9 Å². The molecule has 1 heterocycles. The molecule has 0 spiro atoms. The molecule has 0 aromatic rings. The van der Waals surface area contributed by atoms with Gasteiger partial charge in [-0.15, -0.1) is 0 Å². The van der Waals surface area contributed by atoms with Crippen molar-refractivity contribution in [3.63, 3.8) is 0 Å².